The lowest BCUT2D eigenvalue weighted by atomic mass is 9.97. The van der Waals surface area contributed by atoms with E-state index in [1.807, 2.05) is 6.92 Å². The van der Waals surface area contributed by atoms with Crippen LogP contribution in [0.25, 0.3) is 5.69 Å². The molecule has 0 radical (unpaired) electrons. The summed E-state index contributed by atoms with van der Waals surface area (Å²) in [5.41, 5.74) is 2.90. The fourth-order valence-corrected chi connectivity index (χ4v) is 3.23. The number of methoxy groups -OCH3 is 1. The quantitative estimate of drug-likeness (QED) is 0.694. The van der Waals surface area contributed by atoms with Gasteiger partial charge in [0.1, 0.15) is 0 Å². The Morgan fingerprint density at radius 1 is 1.29 bits per heavy atom. The number of carbonyl (C=O) groups excluding carboxylic acids is 1. The van der Waals surface area contributed by atoms with Crippen molar-refractivity contribution in [2.75, 3.05) is 7.11 Å². The molecule has 0 amide bonds. The zero-order chi connectivity index (χ0) is 15.7. The predicted octanol–water partition coefficient (Wildman–Crippen LogP) is 2.16. The molecule has 2 aromatic rings. The molecular formula is C14H16N2O4S. The van der Waals surface area contributed by atoms with Crippen molar-refractivity contribution in [3.05, 3.63) is 41.0 Å². The third kappa shape index (κ3) is 2.50. The fourth-order valence-electron chi connectivity index (χ4n) is 2.46. The second-order valence-corrected chi connectivity index (χ2v) is 5.54. The minimum Gasteiger partial charge on any atom is -0.465 e. The van der Waals surface area contributed by atoms with E-state index < -0.39 is 17.0 Å². The number of ether oxygens (including phenoxy) is 1. The Morgan fingerprint density at radius 2 is 1.95 bits per heavy atom. The van der Waals surface area contributed by atoms with Crippen LogP contribution in [0.3, 0.4) is 0 Å². The first-order valence-electron chi connectivity index (χ1n) is 6.21. The number of nitrogens with zero attached hydrogens (tertiary/aromatic N) is 2. The first kappa shape index (κ1) is 15.4. The molecule has 0 aliphatic carbocycles. The monoisotopic (exact) mass is 308 g/mol. The topological polar surface area (TPSA) is 81.4 Å². The van der Waals surface area contributed by atoms with Crippen molar-refractivity contribution in [1.29, 1.82) is 0 Å². The van der Waals surface area contributed by atoms with E-state index in [9.17, 15) is 13.6 Å². The van der Waals surface area contributed by atoms with Gasteiger partial charge in [-0.3, -0.25) is 0 Å². The zero-order valence-electron chi connectivity index (χ0n) is 12.2. The molecular weight excluding hydrogens is 292 g/mol. The average molecular weight is 308 g/mol. The Balaban J connectivity index is 2.90. The lowest BCUT2D eigenvalue weighted by molar-refractivity contribution is 0.0595. The first-order chi connectivity index (χ1) is 9.90. The van der Waals surface area contributed by atoms with Gasteiger partial charge in [-0.15, -0.1) is 0 Å². The molecule has 1 heterocycles. The van der Waals surface area contributed by atoms with Crippen LogP contribution in [0.1, 0.15) is 27.0 Å². The van der Waals surface area contributed by atoms with Crippen LogP contribution in [0.2, 0.25) is 0 Å². The molecule has 0 aliphatic rings. The van der Waals surface area contributed by atoms with Crippen LogP contribution >= 0.6 is 0 Å². The molecule has 0 saturated carbocycles. The summed E-state index contributed by atoms with van der Waals surface area (Å²) in [5, 5.41) is 0. The highest BCUT2D eigenvalue weighted by molar-refractivity contribution is 7.79. The van der Waals surface area contributed by atoms with Crippen molar-refractivity contribution in [3.8, 4) is 5.69 Å². The largest absolute Gasteiger partial charge is 0.465 e. The summed E-state index contributed by atoms with van der Waals surface area (Å²) in [7, 11) is 1.25. The van der Waals surface area contributed by atoms with E-state index in [0.29, 0.717) is 11.1 Å². The highest BCUT2D eigenvalue weighted by atomic mass is 32.2. The number of benzene rings is 1. The van der Waals surface area contributed by atoms with Gasteiger partial charge in [0.05, 0.1) is 29.6 Å². The van der Waals surface area contributed by atoms with Gasteiger partial charge in [0, 0.05) is 12.4 Å². The molecule has 2 rings (SSSR count). The number of hydrogen-bond acceptors (Lipinski definition) is 4. The molecule has 0 fully saturated rings. The summed E-state index contributed by atoms with van der Waals surface area (Å²) in [6.07, 6.45) is 4.98. The molecule has 6 nitrogen and oxygen atoms in total. The van der Waals surface area contributed by atoms with E-state index in [2.05, 4.69) is 4.98 Å². The molecule has 1 aromatic heterocycles. The van der Waals surface area contributed by atoms with Gasteiger partial charge in [0.2, 0.25) is 0 Å². The molecule has 1 unspecified atom stereocenters. The van der Waals surface area contributed by atoms with Gasteiger partial charge in [0.15, 0.2) is 11.1 Å². The molecule has 0 spiro atoms. The zero-order valence-corrected chi connectivity index (χ0v) is 13.0. The highest BCUT2D eigenvalue weighted by Crippen LogP contribution is 2.32. The van der Waals surface area contributed by atoms with Crippen LogP contribution in [0.4, 0.5) is 0 Å². The Kier molecular flexibility index (Phi) is 4.24. The van der Waals surface area contributed by atoms with Crippen molar-refractivity contribution < 1.29 is 18.3 Å². The van der Waals surface area contributed by atoms with Gasteiger partial charge < -0.3 is 13.9 Å². The molecule has 0 saturated heterocycles. The normalized spacial score (nSPS) is 12.2. The van der Waals surface area contributed by atoms with E-state index in [0.717, 1.165) is 11.3 Å². The van der Waals surface area contributed by atoms with Crippen LogP contribution in [-0.2, 0) is 15.8 Å². The van der Waals surface area contributed by atoms with Crippen LogP contribution < -0.4 is 0 Å². The van der Waals surface area contributed by atoms with Crippen molar-refractivity contribution in [3.63, 3.8) is 0 Å². The standard InChI is InChI=1S/C14H16N2O4S/c1-8-9(2)12(16-6-5-15-7-16)10(3)13(21(18)19)11(8)14(17)20-4/h5-7H,1-4H3,(H,18,19). The molecule has 21 heavy (non-hydrogen) atoms. The maximum atomic E-state index is 12.0. The first-order valence-corrected chi connectivity index (χ1v) is 7.32. The van der Waals surface area contributed by atoms with Gasteiger partial charge >= 0.3 is 5.97 Å². The summed E-state index contributed by atoms with van der Waals surface area (Å²) < 4.78 is 27.8. The molecule has 112 valence electrons. The predicted molar refractivity (Wildman–Crippen MR) is 78.2 cm³/mol. The maximum Gasteiger partial charge on any atom is 0.339 e. The van der Waals surface area contributed by atoms with Crippen LogP contribution in [0, 0.1) is 20.8 Å². The summed E-state index contributed by atoms with van der Waals surface area (Å²) in [5.74, 6) is -0.617. The van der Waals surface area contributed by atoms with E-state index in [1.165, 1.54) is 7.11 Å². The van der Waals surface area contributed by atoms with Gasteiger partial charge in [-0.25, -0.2) is 14.0 Å². The van der Waals surface area contributed by atoms with Crippen molar-refractivity contribution >= 4 is 17.0 Å². The number of imidazole rings is 1. The van der Waals surface area contributed by atoms with Gasteiger partial charge in [-0.2, -0.15) is 0 Å². The van der Waals surface area contributed by atoms with Crippen molar-refractivity contribution in [1.82, 2.24) is 9.55 Å². The molecule has 0 aliphatic heterocycles. The smallest absolute Gasteiger partial charge is 0.339 e. The summed E-state index contributed by atoms with van der Waals surface area (Å²) in [6, 6.07) is 0. The van der Waals surface area contributed by atoms with Crippen molar-refractivity contribution in [2.45, 2.75) is 25.7 Å². The third-order valence-corrected chi connectivity index (χ3v) is 4.40. The van der Waals surface area contributed by atoms with E-state index in [1.54, 1.807) is 37.1 Å². The fraction of sp³-hybridized carbons (Fsp3) is 0.286. The molecule has 1 aromatic carbocycles. The second-order valence-electron chi connectivity index (χ2n) is 4.64. The van der Waals surface area contributed by atoms with Crippen LogP contribution in [0.15, 0.2) is 23.6 Å². The molecule has 1 N–H and O–H groups in total. The van der Waals surface area contributed by atoms with Gasteiger partial charge in [0.25, 0.3) is 0 Å². The van der Waals surface area contributed by atoms with Gasteiger partial charge in [-0.05, 0) is 37.5 Å². The SMILES string of the molecule is COC(=O)c1c(C)c(C)c(-n2ccnc2)c(C)c1S(=O)O. The van der Waals surface area contributed by atoms with Crippen LogP contribution in [-0.4, -0.2) is 31.4 Å². The Morgan fingerprint density at radius 3 is 2.43 bits per heavy atom. The Hall–Kier alpha value is -1.99. The summed E-state index contributed by atoms with van der Waals surface area (Å²) in [4.78, 5) is 16.0. The number of hydrogen-bond donors (Lipinski definition) is 1. The van der Waals surface area contributed by atoms with E-state index >= 15 is 0 Å². The second kappa shape index (κ2) is 5.79. The van der Waals surface area contributed by atoms with E-state index in [4.69, 9.17) is 4.74 Å². The van der Waals surface area contributed by atoms with Crippen molar-refractivity contribution in [2.24, 2.45) is 0 Å². The number of rotatable bonds is 3. The number of aromatic nitrogens is 2. The Labute approximate surface area is 125 Å². The minimum atomic E-state index is -2.30. The lowest BCUT2D eigenvalue weighted by Gasteiger charge is -2.19. The van der Waals surface area contributed by atoms with Gasteiger partial charge in [-0.1, -0.05) is 0 Å². The molecule has 0 bridgehead atoms. The number of carbonyl (C=O) groups is 1. The van der Waals surface area contributed by atoms with E-state index in [-0.39, 0.29) is 10.5 Å². The lowest BCUT2D eigenvalue weighted by Crippen LogP contribution is -2.15. The average Bonchev–Trinajstić information content (AvgIpc) is 2.95. The summed E-state index contributed by atoms with van der Waals surface area (Å²) in [6.45, 7) is 5.30. The molecule has 7 heteroatoms. The third-order valence-electron chi connectivity index (χ3n) is 3.54. The minimum absolute atomic E-state index is 0.0775. The summed E-state index contributed by atoms with van der Waals surface area (Å²) >= 11 is -2.30. The molecule has 1 atom stereocenters. The number of esters is 1. The van der Waals surface area contributed by atoms with Crippen LogP contribution in [0.5, 0.6) is 0 Å². The highest BCUT2D eigenvalue weighted by Gasteiger charge is 2.26. The maximum absolute atomic E-state index is 12.0. The Bertz CT molecular complexity index is 723.